The Bertz CT molecular complexity index is 3640. The second-order valence-electron chi connectivity index (χ2n) is 16.4. The van der Waals surface area contributed by atoms with Crippen LogP contribution in [0.1, 0.15) is 0 Å². The molecule has 12 aromatic rings. The molecule has 0 atom stereocenters. The summed E-state index contributed by atoms with van der Waals surface area (Å²) >= 11 is 0. The molecule has 1 nitrogen and oxygen atoms in total. The lowest BCUT2D eigenvalue weighted by molar-refractivity contribution is 1.29. The molecule has 0 aliphatic heterocycles. The molecule has 0 saturated carbocycles. The van der Waals surface area contributed by atoms with Crippen LogP contribution in [0.4, 0.5) is 17.1 Å². The van der Waals surface area contributed by atoms with Crippen molar-refractivity contribution in [2.24, 2.45) is 0 Å². The van der Waals surface area contributed by atoms with Gasteiger partial charge in [0.15, 0.2) is 0 Å². The van der Waals surface area contributed by atoms with Gasteiger partial charge in [-0.3, -0.25) is 0 Å². The number of hydrogen-bond acceptors (Lipinski definition) is 1. The van der Waals surface area contributed by atoms with Gasteiger partial charge in [-0.2, -0.15) is 0 Å². The van der Waals surface area contributed by atoms with E-state index in [0.29, 0.717) is 0 Å². The van der Waals surface area contributed by atoms with Gasteiger partial charge in [-0.05, 0) is 141 Å². The third-order valence-electron chi connectivity index (χ3n) is 12.8. The summed E-state index contributed by atoms with van der Waals surface area (Å²) in [7, 11) is 0. The molecule has 0 fully saturated rings. The molecule has 0 aliphatic carbocycles. The minimum atomic E-state index is 1.09. The van der Waals surface area contributed by atoms with Crippen LogP contribution >= 0.6 is 0 Å². The zero-order valence-electron chi connectivity index (χ0n) is 34.6. The van der Waals surface area contributed by atoms with Gasteiger partial charge < -0.3 is 4.90 Å². The predicted octanol–water partition coefficient (Wildman–Crippen LogP) is 17.6. The molecule has 0 aliphatic rings. The van der Waals surface area contributed by atoms with E-state index < -0.39 is 0 Å². The lowest BCUT2D eigenvalue weighted by Gasteiger charge is -2.27. The van der Waals surface area contributed by atoms with Gasteiger partial charge >= 0.3 is 0 Å². The molecule has 0 bridgehead atoms. The number of benzene rings is 12. The highest BCUT2D eigenvalue weighted by atomic mass is 15.1. The Morgan fingerprint density at radius 3 is 1.30 bits per heavy atom. The molecule has 0 radical (unpaired) electrons. The quantitative estimate of drug-likeness (QED) is 0.145. The molecule has 0 unspecified atom stereocenters. The standard InChI is InChI=1S/C62H41N/c1-3-17-45(18-4-1)61-58-28-14-13-26-55(58)57-39-38-50(41-60(57)62(61)46-19-5-2-6-20-46)63(48-34-30-43(31-35-48)52-29-15-22-42-16-7-9-23-51(42)52)49-36-32-44(33-37-49)59-40-47-21-8-10-24-53(47)54-25-11-12-27-56(54)59/h1-41H. The first-order valence-electron chi connectivity index (χ1n) is 21.8. The number of anilines is 3. The van der Waals surface area contributed by atoms with Crippen molar-refractivity contribution in [3.8, 4) is 44.5 Å². The molecule has 0 heterocycles. The number of rotatable bonds is 7. The Morgan fingerprint density at radius 2 is 0.651 bits per heavy atom. The Hall–Kier alpha value is -8.26. The maximum Gasteiger partial charge on any atom is 0.0468 e. The summed E-state index contributed by atoms with van der Waals surface area (Å²) in [5.41, 5.74) is 13.0. The van der Waals surface area contributed by atoms with Crippen LogP contribution in [0.15, 0.2) is 249 Å². The largest absolute Gasteiger partial charge is 0.310 e. The summed E-state index contributed by atoms with van der Waals surface area (Å²) in [6.07, 6.45) is 0. The molecule has 0 amide bonds. The number of hydrogen-bond donors (Lipinski definition) is 0. The van der Waals surface area contributed by atoms with Crippen LogP contribution in [0.3, 0.4) is 0 Å². The Morgan fingerprint density at radius 1 is 0.206 bits per heavy atom. The molecular formula is C62H41N. The second kappa shape index (κ2) is 15.3. The van der Waals surface area contributed by atoms with E-state index in [9.17, 15) is 0 Å². The topological polar surface area (TPSA) is 3.24 Å². The minimum absolute atomic E-state index is 1.09. The van der Waals surface area contributed by atoms with Gasteiger partial charge in [0.2, 0.25) is 0 Å². The van der Waals surface area contributed by atoms with Crippen molar-refractivity contribution in [2.45, 2.75) is 0 Å². The van der Waals surface area contributed by atoms with E-state index >= 15 is 0 Å². The monoisotopic (exact) mass is 799 g/mol. The maximum atomic E-state index is 2.42. The third-order valence-corrected chi connectivity index (χ3v) is 12.8. The second-order valence-corrected chi connectivity index (χ2v) is 16.4. The smallest absolute Gasteiger partial charge is 0.0468 e. The van der Waals surface area contributed by atoms with E-state index in [1.54, 1.807) is 0 Å². The van der Waals surface area contributed by atoms with Crippen molar-refractivity contribution < 1.29 is 0 Å². The lowest BCUT2D eigenvalue weighted by atomic mass is 9.85. The van der Waals surface area contributed by atoms with Crippen LogP contribution in [0.25, 0.3) is 98.4 Å². The lowest BCUT2D eigenvalue weighted by Crippen LogP contribution is -2.10. The van der Waals surface area contributed by atoms with Gasteiger partial charge in [-0.1, -0.05) is 206 Å². The van der Waals surface area contributed by atoms with Crippen molar-refractivity contribution in [3.63, 3.8) is 0 Å². The van der Waals surface area contributed by atoms with Crippen molar-refractivity contribution in [2.75, 3.05) is 4.90 Å². The molecule has 0 aromatic heterocycles. The minimum Gasteiger partial charge on any atom is -0.310 e. The molecule has 12 rings (SSSR count). The average molecular weight is 800 g/mol. The first-order chi connectivity index (χ1) is 31.3. The fraction of sp³-hybridized carbons (Fsp3) is 0. The van der Waals surface area contributed by atoms with Crippen molar-refractivity contribution in [3.05, 3.63) is 249 Å². The molecule has 63 heavy (non-hydrogen) atoms. The molecule has 12 aromatic carbocycles. The first-order valence-corrected chi connectivity index (χ1v) is 21.8. The SMILES string of the molecule is c1ccc(-c2c(-c3ccccc3)c3cc(N(c4ccc(-c5cccc6ccccc56)cc4)c4ccc(-c5cc6ccccc6c6ccccc56)cc4)ccc3c3ccccc23)cc1. The average Bonchev–Trinajstić information content (AvgIpc) is 3.36. The summed E-state index contributed by atoms with van der Waals surface area (Å²) in [6.45, 7) is 0. The van der Waals surface area contributed by atoms with Crippen LogP contribution in [-0.2, 0) is 0 Å². The number of fused-ring (bicyclic) bond motifs is 7. The Kier molecular flexibility index (Phi) is 8.90. The highest BCUT2D eigenvalue weighted by Gasteiger charge is 2.21. The molecule has 0 saturated heterocycles. The van der Waals surface area contributed by atoms with Crippen molar-refractivity contribution >= 4 is 70.9 Å². The van der Waals surface area contributed by atoms with Gasteiger partial charge in [-0.25, -0.2) is 0 Å². The van der Waals surface area contributed by atoms with Crippen LogP contribution in [0, 0.1) is 0 Å². The Balaban J connectivity index is 1.07. The fourth-order valence-corrected chi connectivity index (χ4v) is 9.93. The van der Waals surface area contributed by atoms with E-state index in [2.05, 4.69) is 254 Å². The normalized spacial score (nSPS) is 11.5. The van der Waals surface area contributed by atoms with Crippen molar-refractivity contribution in [1.82, 2.24) is 0 Å². The fourth-order valence-electron chi connectivity index (χ4n) is 9.93. The highest BCUT2D eigenvalue weighted by Crippen LogP contribution is 2.47. The van der Waals surface area contributed by atoms with Crippen LogP contribution < -0.4 is 4.90 Å². The summed E-state index contributed by atoms with van der Waals surface area (Å²) in [5, 5.41) is 12.5. The molecule has 1 heteroatoms. The summed E-state index contributed by atoms with van der Waals surface area (Å²) in [6, 6.07) is 91.1. The molecule has 0 N–H and O–H groups in total. The molecule has 294 valence electrons. The molecular weight excluding hydrogens is 759 g/mol. The van der Waals surface area contributed by atoms with Crippen LogP contribution in [0.5, 0.6) is 0 Å². The van der Waals surface area contributed by atoms with Crippen LogP contribution in [-0.4, -0.2) is 0 Å². The maximum absolute atomic E-state index is 2.42. The van der Waals surface area contributed by atoms with E-state index in [1.807, 2.05) is 0 Å². The van der Waals surface area contributed by atoms with Gasteiger partial charge in [-0.15, -0.1) is 0 Å². The van der Waals surface area contributed by atoms with Gasteiger partial charge in [0.05, 0.1) is 0 Å². The van der Waals surface area contributed by atoms with E-state index in [4.69, 9.17) is 0 Å². The summed E-state index contributed by atoms with van der Waals surface area (Å²) in [5.74, 6) is 0. The van der Waals surface area contributed by atoms with E-state index in [1.165, 1.54) is 98.4 Å². The number of nitrogens with zero attached hydrogens (tertiary/aromatic N) is 1. The van der Waals surface area contributed by atoms with E-state index in [-0.39, 0.29) is 0 Å². The first kappa shape index (κ1) is 36.6. The molecule has 0 spiro atoms. The summed E-state index contributed by atoms with van der Waals surface area (Å²) in [4.78, 5) is 2.42. The van der Waals surface area contributed by atoms with Gasteiger partial charge in [0.1, 0.15) is 0 Å². The van der Waals surface area contributed by atoms with Gasteiger partial charge in [0, 0.05) is 17.1 Å². The zero-order chi connectivity index (χ0) is 41.7. The highest BCUT2D eigenvalue weighted by molar-refractivity contribution is 6.22. The van der Waals surface area contributed by atoms with Crippen molar-refractivity contribution in [1.29, 1.82) is 0 Å². The zero-order valence-corrected chi connectivity index (χ0v) is 34.6. The van der Waals surface area contributed by atoms with Crippen LogP contribution in [0.2, 0.25) is 0 Å². The predicted molar refractivity (Wildman–Crippen MR) is 270 cm³/mol. The third kappa shape index (κ3) is 6.33. The van der Waals surface area contributed by atoms with Gasteiger partial charge in [0.25, 0.3) is 0 Å². The van der Waals surface area contributed by atoms with E-state index in [0.717, 1.165) is 17.1 Å². The summed E-state index contributed by atoms with van der Waals surface area (Å²) < 4.78 is 0. The Labute approximate surface area is 367 Å².